The van der Waals surface area contributed by atoms with Crippen LogP contribution in [-0.4, -0.2) is 36.9 Å². The zero-order valence-electron chi connectivity index (χ0n) is 7.94. The fourth-order valence-corrected chi connectivity index (χ4v) is 1.19. The Balaban J connectivity index is 2.91. The van der Waals surface area contributed by atoms with Gasteiger partial charge in [-0.15, -0.1) is 0 Å². The fraction of sp³-hybridized carbons (Fsp3) is 0.750. The Morgan fingerprint density at radius 1 is 1.12 bits per heavy atom. The molecule has 0 saturated heterocycles. The predicted octanol–water partition coefficient (Wildman–Crippen LogP) is 2.79. The predicted molar refractivity (Wildman–Crippen MR) is 45.9 cm³/mol. The number of hydrogen-bond acceptors (Lipinski definition) is 2. The molecule has 1 aliphatic rings. The van der Waals surface area contributed by atoms with E-state index < -0.39 is 18.4 Å². The van der Waals surface area contributed by atoms with Gasteiger partial charge >= 0.3 is 12.4 Å². The van der Waals surface area contributed by atoms with Crippen molar-refractivity contribution in [2.75, 3.05) is 6.54 Å². The SMILES string of the molecule is FC(F)(F)C(N=C1CCC=NC1)C(F)(F)F. The van der Waals surface area contributed by atoms with E-state index in [-0.39, 0.29) is 18.7 Å². The quantitative estimate of drug-likeness (QED) is 0.635. The minimum Gasteiger partial charge on any atom is -0.292 e. The fourth-order valence-electron chi connectivity index (χ4n) is 1.19. The van der Waals surface area contributed by atoms with Crippen LogP contribution in [0.25, 0.3) is 0 Å². The van der Waals surface area contributed by atoms with Crippen molar-refractivity contribution >= 4 is 11.9 Å². The Kier molecular flexibility index (Phi) is 3.59. The molecule has 16 heavy (non-hydrogen) atoms. The molecular formula is C8H8F6N2. The van der Waals surface area contributed by atoms with Crippen molar-refractivity contribution in [3.05, 3.63) is 0 Å². The first-order valence-corrected chi connectivity index (χ1v) is 4.38. The summed E-state index contributed by atoms with van der Waals surface area (Å²) in [5, 5.41) is 0. The van der Waals surface area contributed by atoms with Gasteiger partial charge in [-0.25, -0.2) is 0 Å². The van der Waals surface area contributed by atoms with E-state index in [1.54, 1.807) is 0 Å². The second-order valence-electron chi connectivity index (χ2n) is 3.24. The van der Waals surface area contributed by atoms with Crippen LogP contribution in [0.15, 0.2) is 9.98 Å². The van der Waals surface area contributed by atoms with E-state index in [0.717, 1.165) is 0 Å². The van der Waals surface area contributed by atoms with Crippen molar-refractivity contribution in [1.82, 2.24) is 0 Å². The molecule has 92 valence electrons. The lowest BCUT2D eigenvalue weighted by Crippen LogP contribution is -2.41. The average Bonchev–Trinajstić information content (AvgIpc) is 2.12. The topological polar surface area (TPSA) is 24.7 Å². The third-order valence-corrected chi connectivity index (χ3v) is 1.90. The van der Waals surface area contributed by atoms with Gasteiger partial charge in [0.15, 0.2) is 0 Å². The van der Waals surface area contributed by atoms with E-state index in [0.29, 0.717) is 6.42 Å². The number of rotatable bonds is 1. The molecule has 0 spiro atoms. The Labute approximate surface area is 87.1 Å². The minimum absolute atomic E-state index is 0.0894. The van der Waals surface area contributed by atoms with Gasteiger partial charge in [0.1, 0.15) is 0 Å². The Morgan fingerprint density at radius 2 is 1.69 bits per heavy atom. The van der Waals surface area contributed by atoms with Gasteiger partial charge in [-0.05, 0) is 19.1 Å². The van der Waals surface area contributed by atoms with Crippen molar-refractivity contribution in [2.24, 2.45) is 9.98 Å². The van der Waals surface area contributed by atoms with Crippen LogP contribution < -0.4 is 0 Å². The van der Waals surface area contributed by atoms with E-state index in [4.69, 9.17) is 0 Å². The standard InChI is InChI=1S/C8H8F6N2/c9-7(10,11)6(8(12,13)14)16-5-2-1-3-15-4-5/h3,6H,1-2,4H2. The van der Waals surface area contributed by atoms with Gasteiger partial charge in [-0.2, -0.15) is 26.3 Å². The van der Waals surface area contributed by atoms with Crippen LogP contribution in [0.3, 0.4) is 0 Å². The van der Waals surface area contributed by atoms with Crippen molar-refractivity contribution < 1.29 is 26.3 Å². The number of hydrogen-bond donors (Lipinski definition) is 0. The van der Waals surface area contributed by atoms with Gasteiger partial charge in [-0.3, -0.25) is 9.98 Å². The van der Waals surface area contributed by atoms with Crippen LogP contribution in [0.4, 0.5) is 26.3 Å². The van der Waals surface area contributed by atoms with Crippen LogP contribution >= 0.6 is 0 Å². The summed E-state index contributed by atoms with van der Waals surface area (Å²) in [6.07, 6.45) is -8.96. The lowest BCUT2D eigenvalue weighted by atomic mass is 10.1. The van der Waals surface area contributed by atoms with E-state index in [2.05, 4.69) is 9.98 Å². The van der Waals surface area contributed by atoms with Crippen LogP contribution in [-0.2, 0) is 0 Å². The van der Waals surface area contributed by atoms with Crippen molar-refractivity contribution in [1.29, 1.82) is 0 Å². The van der Waals surface area contributed by atoms with E-state index in [1.165, 1.54) is 6.21 Å². The minimum atomic E-state index is -5.41. The zero-order chi connectivity index (χ0) is 12.4. The maximum absolute atomic E-state index is 12.1. The number of alkyl halides is 6. The van der Waals surface area contributed by atoms with Gasteiger partial charge in [0.05, 0.1) is 6.54 Å². The molecule has 0 fully saturated rings. The maximum Gasteiger partial charge on any atom is 0.419 e. The molecule has 0 unspecified atom stereocenters. The lowest BCUT2D eigenvalue weighted by Gasteiger charge is -2.21. The van der Waals surface area contributed by atoms with E-state index in [1.807, 2.05) is 0 Å². The van der Waals surface area contributed by atoms with E-state index >= 15 is 0 Å². The van der Waals surface area contributed by atoms with Gasteiger partial charge < -0.3 is 0 Å². The molecule has 0 N–H and O–H groups in total. The second kappa shape index (κ2) is 4.42. The molecule has 0 bridgehead atoms. The first kappa shape index (κ1) is 13.0. The summed E-state index contributed by atoms with van der Waals surface area (Å²) >= 11 is 0. The third-order valence-electron chi connectivity index (χ3n) is 1.90. The lowest BCUT2D eigenvalue weighted by molar-refractivity contribution is -0.247. The summed E-state index contributed by atoms with van der Waals surface area (Å²) < 4.78 is 72.6. The molecule has 8 heteroatoms. The maximum atomic E-state index is 12.1. The highest BCUT2D eigenvalue weighted by Crippen LogP contribution is 2.36. The first-order chi connectivity index (χ1) is 7.21. The molecule has 0 saturated carbocycles. The number of halogens is 6. The van der Waals surface area contributed by atoms with Gasteiger partial charge in [0, 0.05) is 5.71 Å². The molecule has 0 atom stereocenters. The molecule has 1 aliphatic heterocycles. The van der Waals surface area contributed by atoms with Crippen LogP contribution in [0.1, 0.15) is 12.8 Å². The van der Waals surface area contributed by atoms with Gasteiger partial charge in [-0.1, -0.05) is 0 Å². The Hall–Kier alpha value is -1.08. The highest BCUT2D eigenvalue weighted by atomic mass is 19.4. The summed E-state index contributed by atoms with van der Waals surface area (Å²) in [6.45, 7) is -0.192. The summed E-state index contributed by atoms with van der Waals surface area (Å²) in [5.74, 6) is 0. The van der Waals surface area contributed by atoms with Crippen molar-refractivity contribution in [3.8, 4) is 0 Å². The van der Waals surface area contributed by atoms with Gasteiger partial charge in [0.25, 0.3) is 0 Å². The van der Waals surface area contributed by atoms with Crippen LogP contribution in [0, 0.1) is 0 Å². The largest absolute Gasteiger partial charge is 0.419 e. The summed E-state index contributed by atoms with van der Waals surface area (Å²) in [7, 11) is 0. The first-order valence-electron chi connectivity index (χ1n) is 4.38. The Morgan fingerprint density at radius 3 is 2.06 bits per heavy atom. The molecular weight excluding hydrogens is 238 g/mol. The van der Waals surface area contributed by atoms with Crippen molar-refractivity contribution in [3.63, 3.8) is 0 Å². The molecule has 0 aromatic heterocycles. The monoisotopic (exact) mass is 246 g/mol. The average molecular weight is 246 g/mol. The zero-order valence-corrected chi connectivity index (χ0v) is 7.94. The number of nitrogens with zero attached hydrogens (tertiary/aromatic N) is 2. The van der Waals surface area contributed by atoms with E-state index in [9.17, 15) is 26.3 Å². The number of aliphatic imine (C=N–C) groups is 2. The van der Waals surface area contributed by atoms with Crippen LogP contribution in [0.5, 0.6) is 0 Å². The van der Waals surface area contributed by atoms with Gasteiger partial charge in [0.2, 0.25) is 6.04 Å². The molecule has 0 amide bonds. The molecule has 2 nitrogen and oxygen atoms in total. The Bertz CT molecular complexity index is 287. The molecule has 0 radical (unpaired) electrons. The summed E-state index contributed by atoms with van der Waals surface area (Å²) in [6, 6.07) is -3.64. The molecule has 0 aliphatic carbocycles. The summed E-state index contributed by atoms with van der Waals surface area (Å²) in [4.78, 5) is 6.32. The summed E-state index contributed by atoms with van der Waals surface area (Å²) in [5.41, 5.74) is -0.165. The third kappa shape index (κ3) is 3.49. The smallest absolute Gasteiger partial charge is 0.292 e. The normalized spacial score (nSPS) is 20.8. The van der Waals surface area contributed by atoms with Crippen molar-refractivity contribution in [2.45, 2.75) is 31.2 Å². The highest BCUT2D eigenvalue weighted by Gasteiger charge is 2.57. The molecule has 1 heterocycles. The molecule has 0 aromatic rings. The highest BCUT2D eigenvalue weighted by molar-refractivity contribution is 5.91. The second-order valence-corrected chi connectivity index (χ2v) is 3.24. The van der Waals surface area contributed by atoms with Crippen LogP contribution in [0.2, 0.25) is 0 Å². The molecule has 1 rings (SSSR count). The molecule has 0 aromatic carbocycles.